The first-order valence-corrected chi connectivity index (χ1v) is 31.7. The zero-order valence-corrected chi connectivity index (χ0v) is 53.1. The number of anilines is 2. The van der Waals surface area contributed by atoms with Gasteiger partial charge in [0.15, 0.2) is 11.5 Å². The highest BCUT2D eigenvalue weighted by atomic mass is 32.2. The third-order valence-electron chi connectivity index (χ3n) is 16.9. The van der Waals surface area contributed by atoms with E-state index in [9.17, 15) is 79.2 Å². The summed E-state index contributed by atoms with van der Waals surface area (Å²) in [5, 5.41) is 114. The Morgan fingerprint density at radius 3 is 1.93 bits per heavy atom. The number of hydrogen-bond acceptors (Lipinski definition) is 25. The number of carbonyl (C=O) groups is 8. The van der Waals surface area contributed by atoms with E-state index in [1.807, 2.05) is 24.3 Å². The van der Waals surface area contributed by atoms with E-state index in [4.69, 9.17) is 24.6 Å². The average molecular weight is 1340 g/mol. The maximum Gasteiger partial charge on any atom is 0.261 e. The highest BCUT2D eigenvalue weighted by Crippen LogP contribution is 2.34. The van der Waals surface area contributed by atoms with E-state index in [1.54, 1.807) is 19.2 Å². The molecule has 4 heterocycles. The summed E-state index contributed by atoms with van der Waals surface area (Å²) in [5.74, 6) is -11.0. The lowest BCUT2D eigenvalue weighted by Crippen LogP contribution is -2.64. The Morgan fingerprint density at radius 1 is 0.713 bits per heavy atom. The summed E-state index contributed by atoms with van der Waals surface area (Å²) >= 11 is -0.0193. The molecule has 0 saturated carbocycles. The number of β-amino-alcohol motifs (C(OH)–C–C–N with tert-alkyl or cyclic N) is 1. The second kappa shape index (κ2) is 35.2. The van der Waals surface area contributed by atoms with Crippen LogP contribution in [0.15, 0.2) is 66.7 Å². The van der Waals surface area contributed by atoms with Crippen LogP contribution in [0, 0.1) is 5.92 Å². The number of nitrogens with one attached hydrogen (secondary N) is 5. The fraction of sp³-hybridized carbons (Fsp3) is 0.574. The molecule has 0 aliphatic carbocycles. The molecule has 14 atom stereocenters. The van der Waals surface area contributed by atoms with Gasteiger partial charge >= 0.3 is 0 Å². The SMILES string of the molecule is COCCCCCCCCOc1ccc(N2CCN(c3ccc(C(=O)NC4CC(O)CNC(=O)C5C(O)C(C)CN5C(=O)C(C(O)CC(N)=O)NC(=O)C(C(O)C(O)c5ccc(O)c(OSOOO)c5)NC(=O)C5CC(O)CN5C(=O)C(C(C)O)NC4=O)cc3)CC2)cc1. The van der Waals surface area contributed by atoms with Crippen molar-refractivity contribution in [2.75, 3.05) is 75.9 Å². The van der Waals surface area contributed by atoms with Gasteiger partial charge in [0.1, 0.15) is 54.2 Å². The number of aliphatic hydroxyl groups excluding tert-OH is 7. The first-order chi connectivity index (χ1) is 44.9. The third kappa shape index (κ3) is 19.7. The standard InChI is InChI=1S/C61H86N10O22S/c1-33-31-71-51(52(33)78)59(85)63-30-39(73)27-42(64-55(81)35-10-13-37(14-11-35)68-20-22-69(23-21-68)38-15-17-41(18-16-38)90-25-9-7-5-4-6-8-24-89-3)56(82)65-48(34(2)72)60(86)70-32-40(74)28-43(70)57(83)67-50(58(84)66-49(61(71)87)45(76)29-47(62)77)54(80)53(79)36-12-19-44(75)46(26-36)91-94-93-92-88/h10-19,26,33-34,39-40,42-43,45,48-54,72-76,78-80,88H,4-9,20-25,27-32H2,1-3H3,(H2,62,77)(H,63,85)(H,64,81)(H,65,82)(H,66,84)(H,67,83). The molecule has 0 aromatic heterocycles. The molecule has 0 spiro atoms. The minimum absolute atomic E-state index is 0.0193. The summed E-state index contributed by atoms with van der Waals surface area (Å²) in [6.45, 7) is 4.82. The number of aromatic hydroxyl groups is 1. The summed E-state index contributed by atoms with van der Waals surface area (Å²) in [5.41, 5.74) is 6.94. The molecule has 7 rings (SSSR count). The number of unbranched alkanes of at least 4 members (excludes halogenated alkanes) is 5. The van der Waals surface area contributed by atoms with Crippen LogP contribution in [-0.4, -0.2) is 242 Å². The predicted molar refractivity (Wildman–Crippen MR) is 333 cm³/mol. The van der Waals surface area contributed by atoms with Gasteiger partial charge in [-0.05, 0) is 86.0 Å². The fourth-order valence-electron chi connectivity index (χ4n) is 11.7. The molecule has 16 N–H and O–H groups in total. The number of piperazine rings is 1. The lowest BCUT2D eigenvalue weighted by Gasteiger charge is -2.37. The van der Waals surface area contributed by atoms with E-state index >= 15 is 0 Å². The molecule has 14 unspecified atom stereocenters. The molecular formula is C61H86N10O22S. The number of primary amides is 1. The number of ether oxygens (including phenoxy) is 2. The van der Waals surface area contributed by atoms with E-state index in [1.165, 1.54) is 25.5 Å². The Morgan fingerprint density at radius 2 is 1.31 bits per heavy atom. The van der Waals surface area contributed by atoms with E-state index in [-0.39, 0.29) is 23.5 Å². The molecule has 4 saturated heterocycles. The first kappa shape index (κ1) is 73.7. The molecule has 4 aliphatic rings. The average Bonchev–Trinajstić information content (AvgIpc) is 2.02. The minimum atomic E-state index is -2.52. The number of phenols is 1. The Hall–Kier alpha value is -7.67. The van der Waals surface area contributed by atoms with E-state index < -0.39 is 183 Å². The van der Waals surface area contributed by atoms with Gasteiger partial charge in [0.2, 0.25) is 41.4 Å². The molecule has 4 aliphatic heterocycles. The van der Waals surface area contributed by atoms with Crippen LogP contribution in [0.3, 0.4) is 0 Å². The summed E-state index contributed by atoms with van der Waals surface area (Å²) in [6.07, 6.45) is -9.38. The van der Waals surface area contributed by atoms with Crippen molar-refractivity contribution in [3.05, 3.63) is 77.9 Å². The van der Waals surface area contributed by atoms with Crippen molar-refractivity contribution in [1.29, 1.82) is 0 Å². The summed E-state index contributed by atoms with van der Waals surface area (Å²) in [6, 6.07) is 5.21. The van der Waals surface area contributed by atoms with Crippen molar-refractivity contribution in [1.82, 2.24) is 36.4 Å². The smallest absolute Gasteiger partial charge is 0.261 e. The highest BCUT2D eigenvalue weighted by molar-refractivity contribution is 7.90. The van der Waals surface area contributed by atoms with Crippen LogP contribution in [0.5, 0.6) is 17.2 Å². The monoisotopic (exact) mass is 1340 g/mol. The number of hydrogen-bond donors (Lipinski definition) is 15. The second-order valence-electron chi connectivity index (χ2n) is 23.8. The van der Waals surface area contributed by atoms with Gasteiger partial charge in [-0.25, -0.2) is 5.26 Å². The highest BCUT2D eigenvalue weighted by Gasteiger charge is 2.50. The van der Waals surface area contributed by atoms with E-state index in [0.717, 1.165) is 90.8 Å². The van der Waals surface area contributed by atoms with E-state index in [2.05, 4.69) is 45.8 Å². The fourth-order valence-corrected chi connectivity index (χ4v) is 12.0. The minimum Gasteiger partial charge on any atom is -0.504 e. The Bertz CT molecular complexity index is 3040. The zero-order chi connectivity index (χ0) is 68.3. The maximum absolute atomic E-state index is 14.7. The van der Waals surface area contributed by atoms with Gasteiger partial charge in [0.05, 0.1) is 43.5 Å². The molecule has 0 bridgehead atoms. The summed E-state index contributed by atoms with van der Waals surface area (Å²) in [4.78, 5) is 120. The largest absolute Gasteiger partial charge is 0.504 e. The van der Waals surface area contributed by atoms with E-state index in [0.29, 0.717) is 32.8 Å². The van der Waals surface area contributed by atoms with Crippen molar-refractivity contribution in [3.8, 4) is 17.2 Å². The van der Waals surface area contributed by atoms with Crippen LogP contribution in [0.4, 0.5) is 11.4 Å². The number of nitrogens with zero attached hydrogens (tertiary/aromatic N) is 4. The normalized spacial score (nSPS) is 25.7. The Kier molecular flexibility index (Phi) is 27.6. The molecule has 8 amide bonds. The molecule has 94 heavy (non-hydrogen) atoms. The molecule has 4 fully saturated rings. The number of benzene rings is 3. The number of fused-ring (bicyclic) bond motifs is 2. The lowest BCUT2D eigenvalue weighted by atomic mass is 9.96. The molecule has 3 aromatic rings. The summed E-state index contributed by atoms with van der Waals surface area (Å²) in [7, 11) is 1.71. The molecule has 32 nitrogen and oxygen atoms in total. The summed E-state index contributed by atoms with van der Waals surface area (Å²) < 4.78 is 20.3. The number of amides is 8. The molecule has 0 radical (unpaired) electrons. The zero-order valence-electron chi connectivity index (χ0n) is 52.3. The Balaban J connectivity index is 1.12. The van der Waals surface area contributed by atoms with Gasteiger partial charge in [-0.15, -0.1) is 0 Å². The van der Waals surface area contributed by atoms with Crippen molar-refractivity contribution in [2.24, 2.45) is 11.7 Å². The van der Waals surface area contributed by atoms with Gasteiger partial charge in [0, 0.05) is 95.2 Å². The van der Waals surface area contributed by atoms with Gasteiger partial charge in [-0.2, -0.15) is 0 Å². The van der Waals surface area contributed by atoms with Gasteiger partial charge in [-0.3, -0.25) is 38.4 Å². The number of nitrogens with two attached hydrogens (primary N) is 1. The number of aliphatic hydroxyl groups is 7. The van der Waals surface area contributed by atoms with Crippen LogP contribution >= 0.6 is 12.3 Å². The van der Waals surface area contributed by atoms with Crippen LogP contribution in [0.1, 0.15) is 93.7 Å². The lowest BCUT2D eigenvalue weighted by molar-refractivity contribution is -0.433. The van der Waals surface area contributed by atoms with Crippen molar-refractivity contribution >= 4 is 71.0 Å². The maximum atomic E-state index is 14.7. The van der Waals surface area contributed by atoms with Crippen molar-refractivity contribution < 1.29 is 107 Å². The van der Waals surface area contributed by atoms with Crippen molar-refractivity contribution in [3.63, 3.8) is 0 Å². The van der Waals surface area contributed by atoms with Gasteiger partial charge < -0.3 is 106 Å². The van der Waals surface area contributed by atoms with Gasteiger partial charge in [-0.1, -0.05) is 48.0 Å². The number of methoxy groups -OCH3 is 1. The number of rotatable bonds is 25. The first-order valence-electron chi connectivity index (χ1n) is 31.0. The molecule has 518 valence electrons. The third-order valence-corrected chi connectivity index (χ3v) is 17.3. The topological polar surface area (TPSA) is 464 Å². The second-order valence-corrected chi connectivity index (χ2v) is 24.3. The van der Waals surface area contributed by atoms with Crippen LogP contribution in [0.25, 0.3) is 0 Å². The van der Waals surface area contributed by atoms with Crippen LogP contribution < -0.4 is 51.0 Å². The molecule has 33 heteroatoms. The molecule has 3 aromatic carbocycles. The quantitative estimate of drug-likeness (QED) is 0.0185. The van der Waals surface area contributed by atoms with Crippen molar-refractivity contribution in [2.45, 2.75) is 151 Å². The number of carbonyl (C=O) groups excluding carboxylic acids is 8. The molecular weight excluding hydrogens is 1260 g/mol. The predicted octanol–water partition coefficient (Wildman–Crippen LogP) is -2.24. The van der Waals surface area contributed by atoms with Crippen LogP contribution in [0.2, 0.25) is 0 Å². The van der Waals surface area contributed by atoms with Gasteiger partial charge in [0.25, 0.3) is 18.2 Å². The Labute approximate surface area is 546 Å². The van der Waals surface area contributed by atoms with Crippen LogP contribution in [-0.2, 0) is 47.7 Å². The number of phenolic OH excluding ortho intramolecular Hbond substituents is 1.